The maximum Gasteiger partial charge on any atom is 0.157 e. The number of allylic oxidation sites excluding steroid dienone is 4. The van der Waals surface area contributed by atoms with Crippen LogP contribution in [0, 0.1) is 0 Å². The van der Waals surface area contributed by atoms with Gasteiger partial charge in [0.15, 0.2) is 5.84 Å². The van der Waals surface area contributed by atoms with Gasteiger partial charge in [-0.2, -0.15) is 0 Å². The van der Waals surface area contributed by atoms with Gasteiger partial charge in [0, 0.05) is 62.4 Å². The van der Waals surface area contributed by atoms with Crippen molar-refractivity contribution in [3.63, 3.8) is 0 Å². The van der Waals surface area contributed by atoms with Gasteiger partial charge in [0.1, 0.15) is 17.0 Å². The third kappa shape index (κ3) is 7.15. The highest BCUT2D eigenvalue weighted by molar-refractivity contribution is 6.16. The Labute approximate surface area is 372 Å². The van der Waals surface area contributed by atoms with Gasteiger partial charge in [0.25, 0.3) is 0 Å². The number of aliphatic imine (C=N–C) groups is 2. The highest BCUT2D eigenvalue weighted by Gasteiger charge is 2.20. The molecular weight excluding hydrogens is 783 g/mol. The molecule has 0 fully saturated rings. The van der Waals surface area contributed by atoms with E-state index >= 15 is 0 Å². The number of rotatable bonds is 9. The number of amidine groups is 2. The number of hydrogen-bond acceptors (Lipinski definition) is 3. The number of para-hydroxylation sites is 2. The minimum atomic E-state index is 0.380. The van der Waals surface area contributed by atoms with E-state index in [0.29, 0.717) is 18.2 Å². The van der Waals surface area contributed by atoms with Gasteiger partial charge < -0.3 is 19.6 Å². The van der Waals surface area contributed by atoms with Crippen molar-refractivity contribution in [2.24, 2.45) is 15.7 Å². The molecule has 0 spiro atoms. The van der Waals surface area contributed by atoms with Crippen molar-refractivity contribution >= 4 is 66.7 Å². The third-order valence-corrected chi connectivity index (χ3v) is 12.4. The molecule has 1 aliphatic rings. The lowest BCUT2D eigenvalue weighted by Crippen LogP contribution is -2.19. The molecule has 308 valence electrons. The van der Waals surface area contributed by atoms with Crippen LogP contribution in [0.5, 0.6) is 0 Å². The van der Waals surface area contributed by atoms with E-state index in [-0.39, 0.29) is 0 Å². The fourth-order valence-electron chi connectivity index (χ4n) is 9.21. The minimum Gasteiger partial charge on any atom is -0.456 e. The minimum absolute atomic E-state index is 0.380. The molecule has 2 N–H and O–H groups in total. The first-order valence-corrected chi connectivity index (χ1v) is 21.8. The largest absolute Gasteiger partial charge is 0.456 e. The second kappa shape index (κ2) is 16.6. The number of furan rings is 1. The molecule has 10 aromatic rings. The summed E-state index contributed by atoms with van der Waals surface area (Å²) in [6, 6.07) is 67.6. The summed E-state index contributed by atoms with van der Waals surface area (Å²) in [5.74, 6) is 0.916. The molecule has 0 bridgehead atoms. The fourth-order valence-corrected chi connectivity index (χ4v) is 9.21. The molecule has 1 aliphatic carbocycles. The van der Waals surface area contributed by atoms with E-state index in [2.05, 4.69) is 180 Å². The van der Waals surface area contributed by atoms with Crippen LogP contribution in [0.15, 0.2) is 226 Å². The maximum atomic E-state index is 6.92. The average molecular weight is 828 g/mol. The van der Waals surface area contributed by atoms with Gasteiger partial charge in [0.05, 0.1) is 17.6 Å². The van der Waals surface area contributed by atoms with Crippen molar-refractivity contribution in [1.29, 1.82) is 0 Å². The fraction of sp³-hybridized carbons (Fsp3) is 0.0690. The number of nitrogens with two attached hydrogens (primary N) is 1. The second-order valence-electron chi connectivity index (χ2n) is 16.3. The molecule has 64 heavy (non-hydrogen) atoms. The first-order chi connectivity index (χ1) is 31.6. The van der Waals surface area contributed by atoms with Crippen molar-refractivity contribution < 1.29 is 4.42 Å². The Morgan fingerprint density at radius 2 is 1.33 bits per heavy atom. The van der Waals surface area contributed by atoms with E-state index < -0.39 is 0 Å². The molecule has 0 saturated carbocycles. The van der Waals surface area contributed by atoms with Crippen molar-refractivity contribution in [3.8, 4) is 16.8 Å². The Kier molecular flexibility index (Phi) is 10.0. The highest BCUT2D eigenvalue weighted by atomic mass is 16.3. The average Bonchev–Trinajstić information content (AvgIpc) is 3.91. The smallest absolute Gasteiger partial charge is 0.157 e. The van der Waals surface area contributed by atoms with Crippen LogP contribution in [0.2, 0.25) is 0 Å². The Morgan fingerprint density at radius 3 is 2.14 bits per heavy atom. The van der Waals surface area contributed by atoms with Gasteiger partial charge in [-0.1, -0.05) is 140 Å². The molecule has 0 amide bonds. The van der Waals surface area contributed by atoms with E-state index in [1.165, 1.54) is 33.3 Å². The summed E-state index contributed by atoms with van der Waals surface area (Å²) < 4.78 is 8.86. The van der Waals surface area contributed by atoms with Crippen LogP contribution in [0.3, 0.4) is 0 Å². The maximum absolute atomic E-state index is 6.92. The second-order valence-corrected chi connectivity index (χ2v) is 16.3. The molecule has 2 aromatic heterocycles. The molecule has 0 aliphatic heterocycles. The summed E-state index contributed by atoms with van der Waals surface area (Å²) in [5, 5.41) is 4.54. The summed E-state index contributed by atoms with van der Waals surface area (Å²) >= 11 is 0. The number of anilines is 1. The molecule has 0 atom stereocenters. The predicted octanol–water partition coefficient (Wildman–Crippen LogP) is 13.9. The van der Waals surface area contributed by atoms with Gasteiger partial charge in [0.2, 0.25) is 0 Å². The van der Waals surface area contributed by atoms with E-state index in [9.17, 15) is 0 Å². The zero-order valence-corrected chi connectivity index (χ0v) is 35.5. The van der Waals surface area contributed by atoms with Gasteiger partial charge >= 0.3 is 0 Å². The lowest BCUT2D eigenvalue weighted by Gasteiger charge is -2.27. The Balaban J connectivity index is 0.969. The van der Waals surface area contributed by atoms with Crippen LogP contribution in [0.1, 0.15) is 35.1 Å². The molecule has 6 nitrogen and oxygen atoms in total. The first kappa shape index (κ1) is 38.7. The monoisotopic (exact) mass is 827 g/mol. The number of fused-ring (bicyclic) bond motifs is 6. The molecular formula is C58H45N5O. The van der Waals surface area contributed by atoms with Crippen LogP contribution in [-0.4, -0.2) is 23.3 Å². The molecule has 0 radical (unpaired) electrons. The summed E-state index contributed by atoms with van der Waals surface area (Å²) in [6.07, 6.45) is 6.57. The van der Waals surface area contributed by atoms with Crippen LogP contribution in [0.4, 0.5) is 5.69 Å². The molecule has 11 rings (SSSR count). The zero-order valence-electron chi connectivity index (χ0n) is 35.5. The number of benzene rings is 8. The van der Waals surface area contributed by atoms with E-state index in [0.717, 1.165) is 79.3 Å². The SMILES string of the molecule is CN(C1=C(c2ccc3c4ccccc4n(-c4ccc(C(N)=NC(=NCc5ccccc5)c5ccc6c(c5)oc5cccc(-c7ccccc7)c56)cc4)c3c2)C=CCC1)c1ccccc1. The molecule has 0 unspecified atom stereocenters. The lowest BCUT2D eigenvalue weighted by atomic mass is 9.94. The standard InChI is InChI=1S/C58H45N5O/c1-62(44-20-9-4-10-21-44)51-25-13-11-22-46(51)42-30-34-49-48-23-12-14-26-52(48)63(53(49)36-42)45-32-28-41(29-33-45)57(59)61-58(60-38-39-16-5-2-6-17-39)43-31-35-50-55(37-43)64-54-27-15-24-47(56(50)54)40-18-7-3-8-19-40/h2-12,14-24,26-37H,13,25,38H2,1H3,(H2,59,60,61). The van der Waals surface area contributed by atoms with Crippen molar-refractivity contribution in [2.75, 3.05) is 11.9 Å². The Hall–Kier alpha value is -8.22. The summed E-state index contributed by atoms with van der Waals surface area (Å²) in [6.45, 7) is 0.453. The van der Waals surface area contributed by atoms with E-state index in [1.54, 1.807) is 0 Å². The van der Waals surface area contributed by atoms with E-state index in [1.807, 2.05) is 42.5 Å². The lowest BCUT2D eigenvalue weighted by molar-refractivity contribution is 0.669. The Morgan fingerprint density at radius 1 is 0.625 bits per heavy atom. The predicted molar refractivity (Wildman–Crippen MR) is 267 cm³/mol. The number of aromatic nitrogens is 1. The zero-order chi connectivity index (χ0) is 43.0. The van der Waals surface area contributed by atoms with E-state index in [4.69, 9.17) is 20.1 Å². The highest BCUT2D eigenvalue weighted by Crippen LogP contribution is 2.39. The van der Waals surface area contributed by atoms with Crippen LogP contribution in [0.25, 0.3) is 66.1 Å². The third-order valence-electron chi connectivity index (χ3n) is 12.4. The van der Waals surface area contributed by atoms with Gasteiger partial charge in [-0.05, 0) is 102 Å². The quantitative estimate of drug-likeness (QED) is 0.116. The Bertz CT molecular complexity index is 3470. The normalized spacial score (nSPS) is 13.5. The summed E-state index contributed by atoms with van der Waals surface area (Å²) in [7, 11) is 2.18. The topological polar surface area (TPSA) is 72.0 Å². The van der Waals surface area contributed by atoms with Gasteiger partial charge in [-0.25, -0.2) is 4.99 Å². The van der Waals surface area contributed by atoms with Crippen LogP contribution < -0.4 is 10.6 Å². The molecule has 2 heterocycles. The number of nitrogens with zero attached hydrogens (tertiary/aromatic N) is 4. The molecule has 6 heteroatoms. The van der Waals surface area contributed by atoms with Crippen LogP contribution >= 0.6 is 0 Å². The van der Waals surface area contributed by atoms with Gasteiger partial charge in [-0.15, -0.1) is 0 Å². The van der Waals surface area contributed by atoms with Gasteiger partial charge in [-0.3, -0.25) is 4.99 Å². The molecule has 8 aromatic carbocycles. The number of hydrogen-bond donors (Lipinski definition) is 1. The molecule has 0 saturated heterocycles. The van der Waals surface area contributed by atoms with Crippen molar-refractivity contribution in [2.45, 2.75) is 19.4 Å². The van der Waals surface area contributed by atoms with Crippen molar-refractivity contribution in [1.82, 2.24) is 4.57 Å². The first-order valence-electron chi connectivity index (χ1n) is 21.8. The van der Waals surface area contributed by atoms with Crippen LogP contribution in [-0.2, 0) is 6.54 Å². The summed E-state index contributed by atoms with van der Waals surface area (Å²) in [4.78, 5) is 12.4. The van der Waals surface area contributed by atoms with Crippen molar-refractivity contribution in [3.05, 3.63) is 234 Å². The summed E-state index contributed by atoms with van der Waals surface area (Å²) in [5.41, 5.74) is 21.8.